The molecule has 8 heteroatoms. The molecule has 3 aromatic rings. The number of aromatic nitrogens is 4. The molecule has 0 bridgehead atoms. The molecular formula is C18H18ClN5O2. The quantitative estimate of drug-likeness (QED) is 0.744. The van der Waals surface area contributed by atoms with Gasteiger partial charge in [-0.1, -0.05) is 11.6 Å². The number of nitrogens with one attached hydrogen (secondary N) is 1. The Bertz CT molecular complexity index is 955. The molecule has 1 amide bonds. The fourth-order valence-corrected chi connectivity index (χ4v) is 2.54. The van der Waals surface area contributed by atoms with E-state index in [0.29, 0.717) is 22.4 Å². The van der Waals surface area contributed by atoms with Gasteiger partial charge >= 0.3 is 0 Å². The Labute approximate surface area is 156 Å². The molecule has 0 radical (unpaired) electrons. The van der Waals surface area contributed by atoms with Crippen molar-refractivity contribution < 1.29 is 9.53 Å². The summed E-state index contributed by atoms with van der Waals surface area (Å²) in [6.07, 6.45) is 1.38. The number of carbonyl (C=O) groups excluding carboxylic acids is 1. The Hall–Kier alpha value is -2.93. The topological polar surface area (TPSA) is 81.9 Å². The van der Waals surface area contributed by atoms with Crippen molar-refractivity contribution in [3.05, 3.63) is 58.6 Å². The van der Waals surface area contributed by atoms with Gasteiger partial charge in [0.25, 0.3) is 5.91 Å². The van der Waals surface area contributed by atoms with E-state index in [0.717, 1.165) is 17.0 Å². The Kier molecular flexibility index (Phi) is 5.18. The summed E-state index contributed by atoms with van der Waals surface area (Å²) in [7, 11) is 0. The van der Waals surface area contributed by atoms with Crippen LogP contribution in [0.4, 0.5) is 5.82 Å². The Morgan fingerprint density at radius 3 is 2.69 bits per heavy atom. The summed E-state index contributed by atoms with van der Waals surface area (Å²) in [6.45, 7) is 5.57. The molecule has 134 valence electrons. The lowest BCUT2D eigenvalue weighted by molar-refractivity contribution is -0.118. The molecular weight excluding hydrogens is 354 g/mol. The first-order chi connectivity index (χ1) is 12.4. The number of aryl methyl sites for hydroxylation is 3. The average molecular weight is 372 g/mol. The van der Waals surface area contributed by atoms with Crippen molar-refractivity contribution in [3.63, 3.8) is 0 Å². The van der Waals surface area contributed by atoms with Crippen LogP contribution in [0.1, 0.15) is 17.0 Å². The number of ether oxygens (including phenoxy) is 1. The van der Waals surface area contributed by atoms with Gasteiger partial charge in [-0.3, -0.25) is 4.79 Å². The van der Waals surface area contributed by atoms with Gasteiger partial charge < -0.3 is 10.1 Å². The molecule has 1 N–H and O–H groups in total. The van der Waals surface area contributed by atoms with Gasteiger partial charge in [-0.2, -0.15) is 5.10 Å². The minimum atomic E-state index is -0.323. The first-order valence-corrected chi connectivity index (χ1v) is 8.34. The molecule has 0 spiro atoms. The first-order valence-electron chi connectivity index (χ1n) is 7.97. The third-order valence-electron chi connectivity index (χ3n) is 3.65. The second-order valence-electron chi connectivity index (χ2n) is 5.85. The maximum atomic E-state index is 12.1. The highest BCUT2D eigenvalue weighted by Crippen LogP contribution is 2.21. The summed E-state index contributed by atoms with van der Waals surface area (Å²) in [6, 6.07) is 8.83. The Morgan fingerprint density at radius 1 is 1.19 bits per heavy atom. The van der Waals surface area contributed by atoms with Crippen LogP contribution in [0.3, 0.4) is 0 Å². The standard InChI is InChI=1S/C18H18ClN5O2/c1-11-6-14(4-5-15(11)19)26-9-18(25)22-16-8-17(21-10-20-16)24-13(3)7-12(2)23-24/h4-8,10H,9H2,1-3H3,(H,20,21,22,25). The number of carbonyl (C=O) groups is 1. The molecule has 3 rings (SSSR count). The molecule has 0 aliphatic carbocycles. The van der Waals surface area contributed by atoms with E-state index in [1.54, 1.807) is 28.9 Å². The van der Waals surface area contributed by atoms with Crippen LogP contribution in [-0.4, -0.2) is 32.3 Å². The normalized spacial score (nSPS) is 10.6. The van der Waals surface area contributed by atoms with Crippen LogP contribution in [0.15, 0.2) is 36.7 Å². The number of halogens is 1. The number of rotatable bonds is 5. The van der Waals surface area contributed by atoms with Crippen LogP contribution >= 0.6 is 11.6 Å². The van der Waals surface area contributed by atoms with Gasteiger partial charge in [0.1, 0.15) is 17.9 Å². The predicted octanol–water partition coefficient (Wildman–Crippen LogP) is 3.26. The second-order valence-corrected chi connectivity index (χ2v) is 6.26. The lowest BCUT2D eigenvalue weighted by Gasteiger charge is -2.09. The fraction of sp³-hybridized carbons (Fsp3) is 0.222. The molecule has 0 fully saturated rings. The number of amides is 1. The van der Waals surface area contributed by atoms with Crippen molar-refractivity contribution in [2.24, 2.45) is 0 Å². The van der Waals surface area contributed by atoms with Gasteiger partial charge in [0.2, 0.25) is 0 Å². The second kappa shape index (κ2) is 7.53. The van der Waals surface area contributed by atoms with Crippen molar-refractivity contribution in [1.29, 1.82) is 0 Å². The smallest absolute Gasteiger partial charge is 0.263 e. The van der Waals surface area contributed by atoms with Gasteiger partial charge in [0.15, 0.2) is 12.4 Å². The molecule has 0 aliphatic rings. The van der Waals surface area contributed by atoms with Gasteiger partial charge in [0, 0.05) is 16.8 Å². The lowest BCUT2D eigenvalue weighted by Crippen LogP contribution is -2.21. The zero-order valence-corrected chi connectivity index (χ0v) is 15.4. The van der Waals surface area contributed by atoms with E-state index in [1.165, 1.54) is 6.33 Å². The molecule has 1 aromatic carbocycles. The number of hydrogen-bond acceptors (Lipinski definition) is 5. The molecule has 2 aromatic heterocycles. The van der Waals surface area contributed by atoms with Gasteiger partial charge in [-0.25, -0.2) is 14.6 Å². The monoisotopic (exact) mass is 371 g/mol. The number of hydrogen-bond donors (Lipinski definition) is 1. The molecule has 0 aliphatic heterocycles. The van der Waals surface area contributed by atoms with E-state index < -0.39 is 0 Å². The van der Waals surface area contributed by atoms with E-state index in [1.807, 2.05) is 26.8 Å². The fourth-order valence-electron chi connectivity index (χ4n) is 2.43. The Balaban J connectivity index is 1.65. The number of nitrogens with zero attached hydrogens (tertiary/aromatic N) is 4. The van der Waals surface area contributed by atoms with E-state index in [9.17, 15) is 4.79 Å². The first kappa shape index (κ1) is 17.9. The zero-order valence-electron chi connectivity index (χ0n) is 14.7. The van der Waals surface area contributed by atoms with Crippen molar-refractivity contribution in [2.45, 2.75) is 20.8 Å². The maximum Gasteiger partial charge on any atom is 0.263 e. The SMILES string of the molecule is Cc1cc(C)n(-c2cc(NC(=O)COc3ccc(Cl)c(C)c3)ncn2)n1. The van der Waals surface area contributed by atoms with Crippen LogP contribution in [0.5, 0.6) is 5.75 Å². The molecule has 26 heavy (non-hydrogen) atoms. The summed E-state index contributed by atoms with van der Waals surface area (Å²) < 4.78 is 7.18. The van der Waals surface area contributed by atoms with Crippen molar-refractivity contribution in [2.75, 3.05) is 11.9 Å². The highest BCUT2D eigenvalue weighted by atomic mass is 35.5. The third-order valence-corrected chi connectivity index (χ3v) is 4.07. The third kappa shape index (κ3) is 4.18. The van der Waals surface area contributed by atoms with E-state index >= 15 is 0 Å². The summed E-state index contributed by atoms with van der Waals surface area (Å²) in [5, 5.41) is 7.71. The molecule has 0 saturated carbocycles. The van der Waals surface area contributed by atoms with Crippen LogP contribution < -0.4 is 10.1 Å². The average Bonchev–Trinajstić information content (AvgIpc) is 2.94. The number of anilines is 1. The van der Waals surface area contributed by atoms with E-state index in [-0.39, 0.29) is 12.5 Å². The van der Waals surface area contributed by atoms with Crippen LogP contribution in [0.25, 0.3) is 5.82 Å². The minimum absolute atomic E-state index is 0.139. The minimum Gasteiger partial charge on any atom is -0.484 e. The molecule has 2 heterocycles. The van der Waals surface area contributed by atoms with E-state index in [2.05, 4.69) is 20.4 Å². The van der Waals surface area contributed by atoms with Crippen molar-refractivity contribution in [1.82, 2.24) is 19.7 Å². The highest BCUT2D eigenvalue weighted by Gasteiger charge is 2.09. The highest BCUT2D eigenvalue weighted by molar-refractivity contribution is 6.31. The molecule has 0 saturated heterocycles. The van der Waals surface area contributed by atoms with Crippen LogP contribution in [0.2, 0.25) is 5.02 Å². The molecule has 7 nitrogen and oxygen atoms in total. The summed E-state index contributed by atoms with van der Waals surface area (Å²) in [5.41, 5.74) is 2.72. The lowest BCUT2D eigenvalue weighted by atomic mass is 10.2. The zero-order chi connectivity index (χ0) is 18.7. The largest absolute Gasteiger partial charge is 0.484 e. The summed E-state index contributed by atoms with van der Waals surface area (Å²) >= 11 is 5.97. The van der Waals surface area contributed by atoms with Gasteiger partial charge in [-0.15, -0.1) is 0 Å². The maximum absolute atomic E-state index is 12.1. The summed E-state index contributed by atoms with van der Waals surface area (Å²) in [5.74, 6) is 1.21. The van der Waals surface area contributed by atoms with Crippen molar-refractivity contribution >= 4 is 23.3 Å². The summed E-state index contributed by atoms with van der Waals surface area (Å²) in [4.78, 5) is 20.4. The van der Waals surface area contributed by atoms with Crippen molar-refractivity contribution in [3.8, 4) is 11.6 Å². The molecule has 0 unspecified atom stereocenters. The van der Waals surface area contributed by atoms with Crippen LogP contribution in [0, 0.1) is 20.8 Å². The van der Waals surface area contributed by atoms with Gasteiger partial charge in [-0.05, 0) is 50.6 Å². The molecule has 0 atom stereocenters. The van der Waals surface area contributed by atoms with Crippen LogP contribution in [-0.2, 0) is 4.79 Å². The predicted molar refractivity (Wildman–Crippen MR) is 98.9 cm³/mol. The number of benzene rings is 1. The van der Waals surface area contributed by atoms with E-state index in [4.69, 9.17) is 16.3 Å². The van der Waals surface area contributed by atoms with Gasteiger partial charge in [0.05, 0.1) is 5.69 Å². The Morgan fingerprint density at radius 2 is 2.00 bits per heavy atom.